The highest BCUT2D eigenvalue weighted by Crippen LogP contribution is 2.24. The number of hydrogen-bond acceptors (Lipinski definition) is 5. The average Bonchev–Trinajstić information content (AvgIpc) is 3.01. The summed E-state index contributed by atoms with van der Waals surface area (Å²) in [4.78, 5) is 14.3. The fourth-order valence-electron chi connectivity index (χ4n) is 2.71. The second kappa shape index (κ2) is 7.94. The normalized spacial score (nSPS) is 18.0. The molecule has 1 fully saturated rings. The van der Waals surface area contributed by atoms with Gasteiger partial charge >= 0.3 is 0 Å². The number of hydrogen-bond donors (Lipinski definition) is 1. The fourth-order valence-corrected chi connectivity index (χ4v) is 3.06. The zero-order chi connectivity index (χ0) is 16.9. The highest BCUT2D eigenvalue weighted by atomic mass is 32.2. The van der Waals surface area contributed by atoms with Gasteiger partial charge in [0.2, 0.25) is 15.9 Å². The number of piperidine rings is 1. The Hall–Kier alpha value is -1.38. The first kappa shape index (κ1) is 18.0. The summed E-state index contributed by atoms with van der Waals surface area (Å²) >= 11 is 0. The third-order valence-corrected chi connectivity index (χ3v) is 5.39. The second-order valence-corrected chi connectivity index (χ2v) is 8.04. The molecule has 0 bridgehead atoms. The van der Waals surface area contributed by atoms with Crippen LogP contribution in [0.5, 0.6) is 0 Å². The van der Waals surface area contributed by atoms with Crippen LogP contribution in [-0.2, 0) is 14.8 Å². The van der Waals surface area contributed by atoms with Crippen LogP contribution in [0.15, 0.2) is 22.8 Å². The van der Waals surface area contributed by atoms with Gasteiger partial charge in [-0.15, -0.1) is 0 Å². The van der Waals surface area contributed by atoms with Crippen molar-refractivity contribution < 1.29 is 17.6 Å². The Morgan fingerprint density at radius 2 is 2.09 bits per heavy atom. The van der Waals surface area contributed by atoms with Crippen molar-refractivity contribution in [2.45, 2.75) is 25.3 Å². The Balaban J connectivity index is 1.94. The molecule has 0 saturated carbocycles. The lowest BCUT2D eigenvalue weighted by Gasteiger charge is -2.33. The highest BCUT2D eigenvalue weighted by molar-refractivity contribution is 7.88. The molecule has 130 valence electrons. The zero-order valence-corrected chi connectivity index (χ0v) is 14.5. The fraction of sp³-hybridized carbons (Fsp3) is 0.667. The molecule has 0 aliphatic carbocycles. The molecule has 7 nitrogen and oxygen atoms in total. The van der Waals surface area contributed by atoms with E-state index in [0.717, 1.165) is 42.3 Å². The third-order valence-electron chi connectivity index (χ3n) is 4.13. The van der Waals surface area contributed by atoms with E-state index in [4.69, 9.17) is 4.42 Å². The van der Waals surface area contributed by atoms with Gasteiger partial charge in [-0.05, 0) is 38.1 Å². The van der Waals surface area contributed by atoms with E-state index >= 15 is 0 Å². The van der Waals surface area contributed by atoms with E-state index in [1.807, 2.05) is 12.1 Å². The molecule has 1 aliphatic heterocycles. The van der Waals surface area contributed by atoms with Gasteiger partial charge in [-0.2, -0.15) is 4.31 Å². The average molecular weight is 343 g/mol. The molecule has 2 rings (SSSR count). The largest absolute Gasteiger partial charge is 0.468 e. The number of likely N-dealkylation sites (N-methyl/N-ethyl adjacent to an activating group) is 1. The van der Waals surface area contributed by atoms with Crippen LogP contribution >= 0.6 is 0 Å². The van der Waals surface area contributed by atoms with Gasteiger partial charge in [-0.3, -0.25) is 9.69 Å². The van der Waals surface area contributed by atoms with E-state index in [1.165, 1.54) is 13.5 Å². The summed E-state index contributed by atoms with van der Waals surface area (Å²) < 4.78 is 29.3. The summed E-state index contributed by atoms with van der Waals surface area (Å²) in [6.07, 6.45) is 6.22. The van der Waals surface area contributed by atoms with Crippen LogP contribution in [0.1, 0.15) is 31.1 Å². The van der Waals surface area contributed by atoms with Crippen LogP contribution < -0.4 is 5.32 Å². The Kier molecular flexibility index (Phi) is 6.20. The van der Waals surface area contributed by atoms with Crippen LogP contribution in [0.3, 0.4) is 0 Å². The van der Waals surface area contributed by atoms with Gasteiger partial charge in [-0.25, -0.2) is 8.42 Å². The maximum atomic E-state index is 12.0. The summed E-state index contributed by atoms with van der Waals surface area (Å²) in [7, 11) is -1.96. The van der Waals surface area contributed by atoms with E-state index in [0.29, 0.717) is 6.54 Å². The second-order valence-electron chi connectivity index (χ2n) is 5.95. The van der Waals surface area contributed by atoms with Crippen LogP contribution in [0.2, 0.25) is 0 Å². The zero-order valence-electron chi connectivity index (χ0n) is 13.7. The summed E-state index contributed by atoms with van der Waals surface area (Å²) in [6, 6.07) is 3.73. The molecule has 0 aromatic carbocycles. The predicted octanol–water partition coefficient (Wildman–Crippen LogP) is 0.814. The first-order valence-electron chi connectivity index (χ1n) is 7.83. The number of nitrogens with one attached hydrogen (secondary N) is 1. The van der Waals surface area contributed by atoms with Crippen LogP contribution in [0.25, 0.3) is 0 Å². The minimum absolute atomic E-state index is 0.0159. The molecule has 8 heteroatoms. The summed E-state index contributed by atoms with van der Waals surface area (Å²) in [6.45, 7) is 2.18. The standard InChI is InChI=1S/C15H25N3O4S/c1-17(23(2,20)21)12-15(19)16-11-13(14-7-6-10-22-14)18-8-4-3-5-9-18/h6-7,10,13H,3-5,8-9,11-12H2,1-2H3,(H,16,19)/t13-/m0/s1. The van der Waals surface area contributed by atoms with Crippen molar-refractivity contribution in [3.05, 3.63) is 24.2 Å². The monoisotopic (exact) mass is 343 g/mol. The Labute approximate surface area is 137 Å². The van der Waals surface area contributed by atoms with E-state index in [2.05, 4.69) is 10.2 Å². The first-order chi connectivity index (χ1) is 10.9. The van der Waals surface area contributed by atoms with E-state index in [9.17, 15) is 13.2 Å². The lowest BCUT2D eigenvalue weighted by molar-refractivity contribution is -0.121. The molecule has 1 aromatic heterocycles. The number of carbonyl (C=O) groups excluding carboxylic acids is 1. The van der Waals surface area contributed by atoms with E-state index < -0.39 is 10.0 Å². The maximum Gasteiger partial charge on any atom is 0.235 e. The Bertz CT molecular complexity index is 594. The molecular weight excluding hydrogens is 318 g/mol. The number of carbonyl (C=O) groups is 1. The van der Waals surface area contributed by atoms with Crippen LogP contribution in [-0.4, -0.2) is 63.0 Å². The predicted molar refractivity (Wildman–Crippen MR) is 87.4 cm³/mol. The van der Waals surface area contributed by atoms with Gasteiger partial charge in [0.1, 0.15) is 5.76 Å². The third kappa shape index (κ3) is 5.33. The van der Waals surface area contributed by atoms with Gasteiger partial charge in [-0.1, -0.05) is 6.42 Å². The van der Waals surface area contributed by atoms with Gasteiger partial charge in [0, 0.05) is 13.6 Å². The van der Waals surface area contributed by atoms with Crippen molar-refractivity contribution in [2.75, 3.05) is 39.5 Å². The quantitative estimate of drug-likeness (QED) is 0.792. The number of amides is 1. The molecule has 0 radical (unpaired) electrons. The smallest absolute Gasteiger partial charge is 0.235 e. The van der Waals surface area contributed by atoms with Gasteiger partial charge < -0.3 is 9.73 Å². The van der Waals surface area contributed by atoms with Crippen molar-refractivity contribution in [1.82, 2.24) is 14.5 Å². The van der Waals surface area contributed by atoms with Crippen molar-refractivity contribution in [3.63, 3.8) is 0 Å². The number of rotatable bonds is 7. The maximum absolute atomic E-state index is 12.0. The molecule has 1 saturated heterocycles. The van der Waals surface area contributed by atoms with Crippen LogP contribution in [0, 0.1) is 0 Å². The van der Waals surface area contributed by atoms with Gasteiger partial charge in [0.25, 0.3) is 0 Å². The SMILES string of the molecule is CN(CC(=O)NC[C@@H](c1ccco1)N1CCCCC1)S(C)(=O)=O. The number of sulfonamides is 1. The Morgan fingerprint density at radius 1 is 1.39 bits per heavy atom. The van der Waals surface area contributed by atoms with E-state index in [-0.39, 0.29) is 18.5 Å². The minimum atomic E-state index is -3.36. The Morgan fingerprint density at radius 3 is 2.65 bits per heavy atom. The molecule has 0 spiro atoms. The molecule has 1 atom stereocenters. The van der Waals surface area contributed by atoms with Crippen molar-refractivity contribution in [2.24, 2.45) is 0 Å². The lowest BCUT2D eigenvalue weighted by atomic mass is 10.1. The van der Waals surface area contributed by atoms with Crippen LogP contribution in [0.4, 0.5) is 0 Å². The van der Waals surface area contributed by atoms with Crippen molar-refractivity contribution >= 4 is 15.9 Å². The molecule has 1 amide bonds. The number of furan rings is 1. The molecule has 0 unspecified atom stereocenters. The summed E-state index contributed by atoms with van der Waals surface area (Å²) in [5.41, 5.74) is 0. The summed E-state index contributed by atoms with van der Waals surface area (Å²) in [5.74, 6) is 0.509. The highest BCUT2D eigenvalue weighted by Gasteiger charge is 2.25. The van der Waals surface area contributed by atoms with Gasteiger partial charge in [0.15, 0.2) is 0 Å². The summed E-state index contributed by atoms with van der Waals surface area (Å²) in [5, 5.41) is 2.82. The molecular formula is C15H25N3O4S. The number of likely N-dealkylation sites (tertiary alicyclic amines) is 1. The first-order valence-corrected chi connectivity index (χ1v) is 9.68. The molecule has 2 heterocycles. The topological polar surface area (TPSA) is 82.9 Å². The number of nitrogens with zero attached hydrogens (tertiary/aromatic N) is 2. The molecule has 1 aliphatic rings. The minimum Gasteiger partial charge on any atom is -0.468 e. The molecule has 1 aromatic rings. The van der Waals surface area contributed by atoms with Crippen molar-refractivity contribution in [3.8, 4) is 0 Å². The molecule has 1 N–H and O–H groups in total. The lowest BCUT2D eigenvalue weighted by Crippen LogP contribution is -2.43. The van der Waals surface area contributed by atoms with E-state index in [1.54, 1.807) is 6.26 Å². The van der Waals surface area contributed by atoms with Gasteiger partial charge in [0.05, 0.1) is 25.1 Å². The van der Waals surface area contributed by atoms with Crippen molar-refractivity contribution in [1.29, 1.82) is 0 Å². The molecule has 23 heavy (non-hydrogen) atoms.